The number of nitro groups is 1. The van der Waals surface area contributed by atoms with E-state index in [4.69, 9.17) is 0 Å². The second kappa shape index (κ2) is 8.24. The van der Waals surface area contributed by atoms with Gasteiger partial charge in [0.05, 0.1) is 11.0 Å². The summed E-state index contributed by atoms with van der Waals surface area (Å²) in [6.07, 6.45) is 0. The zero-order chi connectivity index (χ0) is 19.4. The van der Waals surface area contributed by atoms with Crippen LogP contribution in [0, 0.1) is 17.0 Å². The fraction of sp³-hybridized carbons (Fsp3) is 0.263. The van der Waals surface area contributed by atoms with Crippen molar-refractivity contribution in [2.75, 3.05) is 26.0 Å². The van der Waals surface area contributed by atoms with Crippen molar-refractivity contribution >= 4 is 22.8 Å². The lowest BCUT2D eigenvalue weighted by Crippen LogP contribution is -2.26. The molecule has 8 heteroatoms. The molecule has 2 heterocycles. The van der Waals surface area contributed by atoms with Gasteiger partial charge >= 0.3 is 0 Å². The summed E-state index contributed by atoms with van der Waals surface area (Å²) in [5.41, 5.74) is 2.70. The number of aromatic nitrogens is 2. The van der Waals surface area contributed by atoms with Crippen LogP contribution in [-0.4, -0.2) is 40.4 Å². The van der Waals surface area contributed by atoms with Gasteiger partial charge in [0, 0.05) is 36.0 Å². The van der Waals surface area contributed by atoms with E-state index in [2.05, 4.69) is 37.0 Å². The van der Waals surface area contributed by atoms with Gasteiger partial charge in [0.25, 0.3) is 5.69 Å². The molecule has 0 aliphatic heterocycles. The molecule has 3 rings (SSSR count). The minimum absolute atomic E-state index is 0.0252. The van der Waals surface area contributed by atoms with Gasteiger partial charge in [-0.3, -0.25) is 10.1 Å². The van der Waals surface area contributed by atoms with Gasteiger partial charge < -0.3 is 10.2 Å². The molecular weight excluding hydrogens is 362 g/mol. The molecule has 0 amide bonds. The van der Waals surface area contributed by atoms with Crippen LogP contribution in [0.3, 0.4) is 0 Å². The van der Waals surface area contributed by atoms with Crippen LogP contribution in [0.4, 0.5) is 11.5 Å². The Balaban J connectivity index is 1.83. The Morgan fingerprint density at radius 3 is 2.74 bits per heavy atom. The topological polar surface area (TPSA) is 84.2 Å². The first-order valence-electron chi connectivity index (χ1n) is 8.47. The average molecular weight is 383 g/mol. The van der Waals surface area contributed by atoms with E-state index in [0.29, 0.717) is 23.8 Å². The highest BCUT2D eigenvalue weighted by molar-refractivity contribution is 7.07. The van der Waals surface area contributed by atoms with Crippen LogP contribution < -0.4 is 5.32 Å². The molecule has 0 radical (unpaired) electrons. The monoisotopic (exact) mass is 383 g/mol. The molecule has 7 nitrogen and oxygen atoms in total. The fourth-order valence-corrected chi connectivity index (χ4v) is 3.52. The minimum atomic E-state index is -0.416. The minimum Gasteiger partial charge on any atom is -0.368 e. The van der Waals surface area contributed by atoms with E-state index in [1.54, 1.807) is 23.5 Å². The third-order valence-electron chi connectivity index (χ3n) is 4.20. The number of anilines is 1. The van der Waals surface area contributed by atoms with E-state index in [-0.39, 0.29) is 11.7 Å². The molecular formula is C19H21N5O2S. The van der Waals surface area contributed by atoms with Crippen LogP contribution >= 0.6 is 11.3 Å². The number of non-ortho nitro benzene ring substituents is 1. The summed E-state index contributed by atoms with van der Waals surface area (Å²) in [6.45, 7) is 2.57. The highest BCUT2D eigenvalue weighted by atomic mass is 32.1. The Morgan fingerprint density at radius 2 is 2.07 bits per heavy atom. The molecule has 1 atom stereocenters. The second-order valence-corrected chi connectivity index (χ2v) is 7.22. The lowest BCUT2D eigenvalue weighted by molar-refractivity contribution is -0.384. The molecule has 1 N–H and O–H groups in total. The number of nitro benzene ring substituents is 1. The molecule has 1 aromatic carbocycles. The third kappa shape index (κ3) is 4.66. The molecule has 3 aromatic rings. The molecule has 0 aliphatic rings. The molecule has 0 saturated carbocycles. The summed E-state index contributed by atoms with van der Waals surface area (Å²) < 4.78 is 0. The molecule has 0 unspecified atom stereocenters. The molecule has 2 aromatic heterocycles. The summed E-state index contributed by atoms with van der Waals surface area (Å²) >= 11 is 1.68. The van der Waals surface area contributed by atoms with E-state index in [9.17, 15) is 10.1 Å². The van der Waals surface area contributed by atoms with Gasteiger partial charge in [0.15, 0.2) is 5.82 Å². The lowest BCUT2D eigenvalue weighted by Gasteiger charge is -2.24. The van der Waals surface area contributed by atoms with E-state index >= 15 is 0 Å². The number of aryl methyl sites for hydroxylation is 1. The van der Waals surface area contributed by atoms with E-state index in [1.807, 2.05) is 27.1 Å². The first kappa shape index (κ1) is 18.9. The number of likely N-dealkylation sites (N-methyl/N-ethyl adjacent to an activating group) is 1. The number of benzene rings is 1. The van der Waals surface area contributed by atoms with Crippen molar-refractivity contribution in [3.8, 4) is 11.4 Å². The number of hydrogen-bond acceptors (Lipinski definition) is 7. The first-order chi connectivity index (χ1) is 12.9. The Kier molecular flexibility index (Phi) is 5.78. The van der Waals surface area contributed by atoms with Gasteiger partial charge in [0.1, 0.15) is 5.82 Å². The van der Waals surface area contributed by atoms with Crippen molar-refractivity contribution in [3.63, 3.8) is 0 Å². The third-order valence-corrected chi connectivity index (χ3v) is 4.90. The average Bonchev–Trinajstić information content (AvgIpc) is 3.15. The van der Waals surface area contributed by atoms with Crippen molar-refractivity contribution < 1.29 is 4.92 Å². The van der Waals surface area contributed by atoms with Gasteiger partial charge in [-0.05, 0) is 43.4 Å². The summed E-state index contributed by atoms with van der Waals surface area (Å²) in [4.78, 5) is 21.8. The normalized spacial score (nSPS) is 12.1. The van der Waals surface area contributed by atoms with Crippen LogP contribution in [0.5, 0.6) is 0 Å². The molecule has 0 bridgehead atoms. The second-order valence-electron chi connectivity index (χ2n) is 6.44. The number of hydrogen-bond donors (Lipinski definition) is 1. The number of nitrogens with zero attached hydrogens (tertiary/aromatic N) is 4. The Morgan fingerprint density at radius 1 is 1.26 bits per heavy atom. The number of rotatable bonds is 7. The van der Waals surface area contributed by atoms with Crippen LogP contribution in [0.2, 0.25) is 0 Å². The molecule has 0 aliphatic carbocycles. The number of thiophene rings is 1. The highest BCUT2D eigenvalue weighted by Gasteiger charge is 2.15. The summed E-state index contributed by atoms with van der Waals surface area (Å²) in [5, 5.41) is 18.6. The smallest absolute Gasteiger partial charge is 0.270 e. The van der Waals surface area contributed by atoms with Crippen LogP contribution in [0.15, 0.2) is 47.2 Å². The molecule has 0 fully saturated rings. The maximum atomic E-state index is 11.0. The van der Waals surface area contributed by atoms with Crippen LogP contribution in [-0.2, 0) is 0 Å². The Bertz CT molecular complexity index is 928. The Hall–Kier alpha value is -2.84. The summed E-state index contributed by atoms with van der Waals surface area (Å²) in [6, 6.07) is 10.6. The predicted octanol–water partition coefficient (Wildman–Crippen LogP) is 4.14. The van der Waals surface area contributed by atoms with Crippen LogP contribution in [0.1, 0.15) is 17.3 Å². The summed E-state index contributed by atoms with van der Waals surface area (Å²) in [5.74, 6) is 1.17. The predicted molar refractivity (Wildman–Crippen MR) is 108 cm³/mol. The quantitative estimate of drug-likeness (QED) is 0.488. The van der Waals surface area contributed by atoms with Gasteiger partial charge in [0.2, 0.25) is 0 Å². The van der Waals surface area contributed by atoms with Gasteiger partial charge in [-0.15, -0.1) is 0 Å². The Labute approximate surface area is 161 Å². The maximum Gasteiger partial charge on any atom is 0.270 e. The first-order valence-corrected chi connectivity index (χ1v) is 9.41. The standard InChI is InChI=1S/C19H21N5O2S/c1-13-9-18(20-11-17(23(2)3)15-7-8-27-12-15)22-19(21-13)14-5-4-6-16(10-14)24(25)26/h4-10,12,17H,11H2,1-3H3,(H,20,21,22)/t17-/m0/s1. The highest BCUT2D eigenvalue weighted by Crippen LogP contribution is 2.24. The SMILES string of the molecule is Cc1cc(NC[C@@H](c2ccsc2)N(C)C)nc(-c2cccc([N+](=O)[O-])c2)n1. The maximum absolute atomic E-state index is 11.0. The molecule has 0 saturated heterocycles. The number of nitrogens with one attached hydrogen (secondary N) is 1. The lowest BCUT2D eigenvalue weighted by atomic mass is 10.1. The van der Waals surface area contributed by atoms with Crippen molar-refractivity contribution in [2.24, 2.45) is 0 Å². The summed E-state index contributed by atoms with van der Waals surface area (Å²) in [7, 11) is 4.09. The van der Waals surface area contributed by atoms with E-state index < -0.39 is 4.92 Å². The van der Waals surface area contributed by atoms with Crippen molar-refractivity contribution in [1.82, 2.24) is 14.9 Å². The van der Waals surface area contributed by atoms with Gasteiger partial charge in [-0.25, -0.2) is 9.97 Å². The van der Waals surface area contributed by atoms with Gasteiger partial charge in [-0.2, -0.15) is 11.3 Å². The van der Waals surface area contributed by atoms with Crippen molar-refractivity contribution in [2.45, 2.75) is 13.0 Å². The molecule has 27 heavy (non-hydrogen) atoms. The van der Waals surface area contributed by atoms with Crippen LogP contribution in [0.25, 0.3) is 11.4 Å². The zero-order valence-corrected chi connectivity index (χ0v) is 16.2. The fourth-order valence-electron chi connectivity index (χ4n) is 2.81. The van der Waals surface area contributed by atoms with Gasteiger partial charge in [-0.1, -0.05) is 12.1 Å². The molecule has 140 valence electrons. The molecule has 0 spiro atoms. The largest absolute Gasteiger partial charge is 0.368 e. The van der Waals surface area contributed by atoms with Crippen molar-refractivity contribution in [3.05, 3.63) is 68.5 Å². The zero-order valence-electron chi connectivity index (χ0n) is 15.4. The van der Waals surface area contributed by atoms with E-state index in [0.717, 1.165) is 5.69 Å². The van der Waals surface area contributed by atoms with Crippen molar-refractivity contribution in [1.29, 1.82) is 0 Å². The van der Waals surface area contributed by atoms with E-state index in [1.165, 1.54) is 17.7 Å².